The van der Waals surface area contributed by atoms with Gasteiger partial charge in [0.15, 0.2) is 5.78 Å². The molecule has 2 atom stereocenters. The highest BCUT2D eigenvalue weighted by Gasteiger charge is 2.40. The maximum Gasteiger partial charge on any atom is 0.172 e. The first-order chi connectivity index (χ1) is 11.3. The molecule has 1 aromatic rings. The van der Waals surface area contributed by atoms with Gasteiger partial charge in [-0.05, 0) is 38.8 Å². The first-order valence-corrected chi connectivity index (χ1v) is 8.15. The van der Waals surface area contributed by atoms with Gasteiger partial charge < -0.3 is 0 Å². The van der Waals surface area contributed by atoms with Crippen LogP contribution in [0, 0.1) is 5.92 Å². The summed E-state index contributed by atoms with van der Waals surface area (Å²) < 4.78 is 1.76. The number of Topliss-reactive ketones (excluding diaryl/α,β-unsaturated/α-hetero) is 1. The Labute approximate surface area is 143 Å². The number of dihydropyridines is 1. The molecule has 4 heteroatoms. The lowest BCUT2D eigenvalue weighted by molar-refractivity contribution is -0.118. The van der Waals surface area contributed by atoms with Crippen molar-refractivity contribution in [2.75, 3.05) is 0 Å². The van der Waals surface area contributed by atoms with Gasteiger partial charge in [-0.25, -0.2) is 0 Å². The lowest BCUT2D eigenvalue weighted by Gasteiger charge is -2.31. The minimum atomic E-state index is -0.540. The molecular weight excluding hydrogens is 298 g/mol. The van der Waals surface area contributed by atoms with E-state index in [1.165, 1.54) is 0 Å². The third-order valence-corrected chi connectivity index (χ3v) is 4.57. The molecule has 0 saturated carbocycles. The SMILES string of the molecule is CC(C)=CC1=C(C)C=CC2(C)N=CC(c3cnn(C)c3)=CC2C1=O. The fraction of sp³-hybridized carbons (Fsp3) is 0.350. The monoisotopic (exact) mass is 321 g/mol. The van der Waals surface area contributed by atoms with Crippen molar-refractivity contribution in [3.05, 3.63) is 59.0 Å². The number of rotatable bonds is 2. The van der Waals surface area contributed by atoms with Crippen molar-refractivity contribution in [1.82, 2.24) is 9.78 Å². The zero-order valence-electron chi connectivity index (χ0n) is 14.9. The van der Waals surface area contributed by atoms with E-state index in [0.717, 1.165) is 27.9 Å². The Morgan fingerprint density at radius 3 is 2.75 bits per heavy atom. The molecule has 1 aliphatic heterocycles. The van der Waals surface area contributed by atoms with E-state index in [-0.39, 0.29) is 11.7 Å². The number of aromatic nitrogens is 2. The molecule has 0 amide bonds. The normalized spacial score (nSPS) is 26.1. The van der Waals surface area contributed by atoms with Gasteiger partial charge in [0.05, 0.1) is 17.7 Å². The maximum absolute atomic E-state index is 13.2. The molecule has 3 rings (SSSR count). The van der Waals surface area contributed by atoms with Crippen molar-refractivity contribution in [3.63, 3.8) is 0 Å². The van der Waals surface area contributed by atoms with Crippen LogP contribution in [0.2, 0.25) is 0 Å². The molecule has 2 heterocycles. The number of ketones is 1. The second kappa shape index (κ2) is 5.86. The first kappa shape index (κ1) is 16.4. The van der Waals surface area contributed by atoms with Crippen LogP contribution in [-0.4, -0.2) is 27.3 Å². The summed E-state index contributed by atoms with van der Waals surface area (Å²) in [4.78, 5) is 18.0. The first-order valence-electron chi connectivity index (χ1n) is 8.15. The Morgan fingerprint density at radius 1 is 1.38 bits per heavy atom. The molecular formula is C20H23N3O. The smallest absolute Gasteiger partial charge is 0.172 e. The molecule has 2 unspecified atom stereocenters. The van der Waals surface area contributed by atoms with Gasteiger partial charge in [0.2, 0.25) is 0 Å². The summed E-state index contributed by atoms with van der Waals surface area (Å²) in [6, 6.07) is 0. The molecule has 2 aliphatic rings. The van der Waals surface area contributed by atoms with E-state index in [4.69, 9.17) is 4.99 Å². The fourth-order valence-electron chi connectivity index (χ4n) is 3.13. The number of nitrogens with zero attached hydrogens (tertiary/aromatic N) is 3. The van der Waals surface area contributed by atoms with Crippen LogP contribution in [0.5, 0.6) is 0 Å². The van der Waals surface area contributed by atoms with Crippen LogP contribution in [0.25, 0.3) is 5.57 Å². The number of hydrogen-bond donors (Lipinski definition) is 0. The van der Waals surface area contributed by atoms with Crippen LogP contribution < -0.4 is 0 Å². The number of hydrogen-bond acceptors (Lipinski definition) is 3. The number of allylic oxidation sites excluding steroid dienone is 6. The molecule has 124 valence electrons. The third kappa shape index (κ3) is 2.84. The zero-order chi connectivity index (χ0) is 17.5. The summed E-state index contributed by atoms with van der Waals surface area (Å²) in [5.74, 6) is -0.184. The van der Waals surface area contributed by atoms with Gasteiger partial charge in [0, 0.05) is 30.6 Å². The van der Waals surface area contributed by atoms with Gasteiger partial charge in [0.25, 0.3) is 0 Å². The van der Waals surface area contributed by atoms with E-state index in [2.05, 4.69) is 5.10 Å². The van der Waals surface area contributed by atoms with E-state index in [1.54, 1.807) is 10.9 Å². The number of aryl methyl sites for hydroxylation is 1. The molecule has 0 aromatic carbocycles. The molecule has 0 spiro atoms. The van der Waals surface area contributed by atoms with Crippen molar-refractivity contribution in [2.45, 2.75) is 33.2 Å². The van der Waals surface area contributed by atoms with Crippen LogP contribution in [0.4, 0.5) is 0 Å². The molecule has 0 saturated heterocycles. The predicted molar refractivity (Wildman–Crippen MR) is 97.9 cm³/mol. The zero-order valence-corrected chi connectivity index (χ0v) is 14.9. The van der Waals surface area contributed by atoms with Crippen LogP contribution >= 0.6 is 0 Å². The average molecular weight is 321 g/mol. The summed E-state index contributed by atoms with van der Waals surface area (Å²) in [5, 5.41) is 4.21. The average Bonchev–Trinajstić information content (AvgIpc) is 2.93. The van der Waals surface area contributed by atoms with Gasteiger partial charge in [-0.15, -0.1) is 0 Å². The van der Waals surface area contributed by atoms with Crippen molar-refractivity contribution < 1.29 is 4.79 Å². The minimum Gasteiger partial charge on any atom is -0.293 e. The molecule has 0 radical (unpaired) electrons. The second-order valence-electron chi connectivity index (χ2n) is 7.00. The summed E-state index contributed by atoms with van der Waals surface area (Å²) >= 11 is 0. The van der Waals surface area contributed by atoms with Gasteiger partial charge in [-0.3, -0.25) is 14.5 Å². The summed E-state index contributed by atoms with van der Waals surface area (Å²) in [6.07, 6.45) is 13.7. The molecule has 0 bridgehead atoms. The fourth-order valence-corrected chi connectivity index (χ4v) is 3.13. The lowest BCUT2D eigenvalue weighted by Crippen LogP contribution is -2.37. The number of carbonyl (C=O) groups is 1. The maximum atomic E-state index is 13.2. The van der Waals surface area contributed by atoms with Crippen molar-refractivity contribution in [1.29, 1.82) is 0 Å². The summed E-state index contributed by atoms with van der Waals surface area (Å²) in [7, 11) is 1.88. The predicted octanol–water partition coefficient (Wildman–Crippen LogP) is 3.68. The Morgan fingerprint density at radius 2 is 2.12 bits per heavy atom. The molecule has 0 fully saturated rings. The number of aliphatic imine (C=N–C) groups is 1. The van der Waals surface area contributed by atoms with Crippen LogP contribution in [0.3, 0.4) is 0 Å². The number of fused-ring (bicyclic) bond motifs is 1. The second-order valence-corrected chi connectivity index (χ2v) is 7.00. The van der Waals surface area contributed by atoms with Gasteiger partial charge in [-0.2, -0.15) is 5.10 Å². The summed E-state index contributed by atoms with van der Waals surface area (Å²) in [5.41, 5.74) is 4.27. The highest BCUT2D eigenvalue weighted by molar-refractivity contribution is 6.14. The molecule has 1 aromatic heterocycles. The van der Waals surface area contributed by atoms with E-state index < -0.39 is 5.54 Å². The summed E-state index contributed by atoms with van der Waals surface area (Å²) in [6.45, 7) is 8.02. The molecule has 4 nitrogen and oxygen atoms in total. The van der Waals surface area contributed by atoms with E-state index in [1.807, 2.05) is 71.5 Å². The molecule has 1 aliphatic carbocycles. The lowest BCUT2D eigenvalue weighted by atomic mass is 9.78. The Hall–Kier alpha value is -2.49. The highest BCUT2D eigenvalue weighted by Crippen LogP contribution is 2.37. The van der Waals surface area contributed by atoms with Gasteiger partial charge >= 0.3 is 0 Å². The number of carbonyl (C=O) groups excluding carboxylic acids is 1. The topological polar surface area (TPSA) is 47.2 Å². The standard InChI is InChI=1S/C20H23N3O/c1-13(2)8-17-14(3)6-7-20(4)18(19(17)24)9-15(10-21-20)16-11-22-23(5)12-16/h6-12,18H,1-5H3. The largest absolute Gasteiger partial charge is 0.293 e. The van der Waals surface area contributed by atoms with Crippen molar-refractivity contribution >= 4 is 17.6 Å². The Balaban J connectivity index is 2.08. The van der Waals surface area contributed by atoms with E-state index in [9.17, 15) is 4.79 Å². The van der Waals surface area contributed by atoms with E-state index >= 15 is 0 Å². The minimum absolute atomic E-state index is 0.124. The van der Waals surface area contributed by atoms with Crippen molar-refractivity contribution in [2.24, 2.45) is 18.0 Å². The Kier molecular flexibility index (Phi) is 3.99. The highest BCUT2D eigenvalue weighted by atomic mass is 16.1. The van der Waals surface area contributed by atoms with Crippen LogP contribution in [-0.2, 0) is 11.8 Å². The molecule has 0 N–H and O–H groups in total. The van der Waals surface area contributed by atoms with Crippen LogP contribution in [0.1, 0.15) is 33.3 Å². The Bertz CT molecular complexity index is 844. The quantitative estimate of drug-likeness (QED) is 0.834. The molecule has 24 heavy (non-hydrogen) atoms. The van der Waals surface area contributed by atoms with E-state index in [0.29, 0.717) is 0 Å². The van der Waals surface area contributed by atoms with Crippen LogP contribution in [0.15, 0.2) is 58.4 Å². The van der Waals surface area contributed by atoms with Gasteiger partial charge in [0.1, 0.15) is 0 Å². The van der Waals surface area contributed by atoms with Gasteiger partial charge in [-0.1, -0.05) is 29.9 Å². The third-order valence-electron chi connectivity index (χ3n) is 4.57. The van der Waals surface area contributed by atoms with Crippen molar-refractivity contribution in [3.8, 4) is 0 Å².